The number of nitrogens with two attached hydrogens (primary N) is 1. The largest absolute Gasteiger partial charge is 0.489 e. The molecule has 0 aliphatic carbocycles. The summed E-state index contributed by atoms with van der Waals surface area (Å²) in [6.45, 7) is 0.554. The number of benzene rings is 3. The first-order chi connectivity index (χ1) is 9.33. The number of anilines is 1. The van der Waals surface area contributed by atoms with Crippen LogP contribution in [-0.2, 0) is 6.61 Å². The number of ether oxygens (including phenoxy) is 1. The van der Waals surface area contributed by atoms with Gasteiger partial charge >= 0.3 is 0 Å². The van der Waals surface area contributed by atoms with Crippen LogP contribution in [0.3, 0.4) is 0 Å². The third kappa shape index (κ3) is 2.52. The molecule has 3 aromatic carbocycles. The molecule has 3 rings (SSSR count). The van der Waals surface area contributed by atoms with Gasteiger partial charge in [-0.1, -0.05) is 54.6 Å². The first kappa shape index (κ1) is 11.6. The monoisotopic (exact) mass is 249 g/mol. The van der Waals surface area contributed by atoms with Gasteiger partial charge in [0, 0.05) is 17.1 Å². The van der Waals surface area contributed by atoms with Crippen LogP contribution in [0.2, 0.25) is 0 Å². The molecule has 19 heavy (non-hydrogen) atoms. The molecule has 0 amide bonds. The Labute approximate surface area is 112 Å². The molecule has 2 nitrogen and oxygen atoms in total. The van der Waals surface area contributed by atoms with E-state index in [1.54, 1.807) is 0 Å². The molecule has 2 heteroatoms. The van der Waals surface area contributed by atoms with Crippen LogP contribution in [0.5, 0.6) is 5.75 Å². The van der Waals surface area contributed by atoms with Crippen molar-refractivity contribution in [3.8, 4) is 5.75 Å². The Kier molecular flexibility index (Phi) is 3.07. The highest BCUT2D eigenvalue weighted by Crippen LogP contribution is 2.27. The summed E-state index contributed by atoms with van der Waals surface area (Å²) in [7, 11) is 0. The van der Waals surface area contributed by atoms with Gasteiger partial charge in [0.2, 0.25) is 0 Å². The van der Waals surface area contributed by atoms with Crippen molar-refractivity contribution in [3.05, 3.63) is 72.3 Å². The van der Waals surface area contributed by atoms with Crippen molar-refractivity contribution < 1.29 is 4.74 Å². The summed E-state index contributed by atoms with van der Waals surface area (Å²) in [5, 5.41) is 2.17. The van der Waals surface area contributed by atoms with E-state index in [1.165, 1.54) is 0 Å². The standard InChI is InChI=1S/C17H15NO/c18-17-11-15(10-14-8-4-5-9-16(14)17)19-12-13-6-2-1-3-7-13/h1-11H,12,18H2. The summed E-state index contributed by atoms with van der Waals surface area (Å²) in [5.41, 5.74) is 7.94. The topological polar surface area (TPSA) is 35.2 Å². The van der Waals surface area contributed by atoms with E-state index in [0.29, 0.717) is 6.61 Å². The lowest BCUT2D eigenvalue weighted by atomic mass is 10.1. The van der Waals surface area contributed by atoms with Crippen molar-refractivity contribution in [2.75, 3.05) is 5.73 Å². The number of rotatable bonds is 3. The molecule has 0 atom stereocenters. The summed E-state index contributed by atoms with van der Waals surface area (Å²) < 4.78 is 5.80. The van der Waals surface area contributed by atoms with E-state index in [9.17, 15) is 0 Å². The van der Waals surface area contributed by atoms with Gasteiger partial charge in [0.15, 0.2) is 0 Å². The number of nitrogen functional groups attached to an aromatic ring is 1. The van der Waals surface area contributed by atoms with Crippen molar-refractivity contribution in [3.63, 3.8) is 0 Å². The van der Waals surface area contributed by atoms with Gasteiger partial charge in [-0.05, 0) is 17.0 Å². The second-order valence-electron chi connectivity index (χ2n) is 4.51. The van der Waals surface area contributed by atoms with Crippen molar-refractivity contribution in [2.45, 2.75) is 6.61 Å². The van der Waals surface area contributed by atoms with E-state index in [1.807, 2.05) is 66.7 Å². The fraction of sp³-hybridized carbons (Fsp3) is 0.0588. The maximum Gasteiger partial charge on any atom is 0.122 e. The van der Waals surface area contributed by atoms with Gasteiger partial charge in [-0.25, -0.2) is 0 Å². The number of hydrogen-bond donors (Lipinski definition) is 1. The van der Waals surface area contributed by atoms with E-state index < -0.39 is 0 Å². The van der Waals surface area contributed by atoms with Gasteiger partial charge in [-0.3, -0.25) is 0 Å². The molecule has 0 saturated carbocycles. The third-order valence-electron chi connectivity index (χ3n) is 3.12. The van der Waals surface area contributed by atoms with Crippen molar-refractivity contribution in [1.29, 1.82) is 0 Å². The van der Waals surface area contributed by atoms with Gasteiger partial charge in [0.25, 0.3) is 0 Å². The van der Waals surface area contributed by atoms with Gasteiger partial charge < -0.3 is 10.5 Å². The van der Waals surface area contributed by atoms with Crippen LogP contribution in [0.4, 0.5) is 5.69 Å². The molecule has 0 fully saturated rings. The average Bonchev–Trinajstić information content (AvgIpc) is 2.46. The maximum absolute atomic E-state index is 6.05. The zero-order chi connectivity index (χ0) is 13.1. The summed E-state index contributed by atoms with van der Waals surface area (Å²) in [6.07, 6.45) is 0. The number of hydrogen-bond acceptors (Lipinski definition) is 2. The molecule has 0 aliphatic rings. The van der Waals surface area contributed by atoms with Crippen LogP contribution in [0.1, 0.15) is 5.56 Å². The van der Waals surface area contributed by atoms with Gasteiger partial charge in [0.1, 0.15) is 12.4 Å². The summed E-state index contributed by atoms with van der Waals surface area (Å²) in [6, 6.07) is 22.1. The van der Waals surface area contributed by atoms with Crippen LogP contribution in [-0.4, -0.2) is 0 Å². The van der Waals surface area contributed by atoms with E-state index in [2.05, 4.69) is 0 Å². The summed E-state index contributed by atoms with van der Waals surface area (Å²) >= 11 is 0. The molecule has 0 heterocycles. The van der Waals surface area contributed by atoms with Gasteiger partial charge in [-0.15, -0.1) is 0 Å². The molecular weight excluding hydrogens is 234 g/mol. The Morgan fingerprint density at radius 3 is 2.42 bits per heavy atom. The second-order valence-corrected chi connectivity index (χ2v) is 4.51. The first-order valence-electron chi connectivity index (χ1n) is 6.28. The van der Waals surface area contributed by atoms with E-state index in [0.717, 1.165) is 27.8 Å². The Balaban J connectivity index is 1.85. The fourth-order valence-corrected chi connectivity index (χ4v) is 2.14. The minimum absolute atomic E-state index is 0.554. The van der Waals surface area contributed by atoms with Crippen molar-refractivity contribution in [1.82, 2.24) is 0 Å². The molecule has 0 unspecified atom stereocenters. The zero-order valence-corrected chi connectivity index (χ0v) is 10.5. The van der Waals surface area contributed by atoms with Gasteiger partial charge in [0.05, 0.1) is 0 Å². The second kappa shape index (κ2) is 5.02. The zero-order valence-electron chi connectivity index (χ0n) is 10.5. The lowest BCUT2D eigenvalue weighted by Crippen LogP contribution is -1.96. The quantitative estimate of drug-likeness (QED) is 0.712. The summed E-state index contributed by atoms with van der Waals surface area (Å²) in [4.78, 5) is 0. The van der Waals surface area contributed by atoms with Crippen LogP contribution in [0.25, 0.3) is 10.8 Å². The lowest BCUT2D eigenvalue weighted by molar-refractivity contribution is 0.307. The highest BCUT2D eigenvalue weighted by Gasteiger charge is 2.02. The summed E-state index contributed by atoms with van der Waals surface area (Å²) in [5.74, 6) is 0.806. The molecule has 94 valence electrons. The number of fused-ring (bicyclic) bond motifs is 1. The Morgan fingerprint density at radius 1 is 0.842 bits per heavy atom. The Hall–Kier alpha value is -2.48. The smallest absolute Gasteiger partial charge is 0.122 e. The van der Waals surface area contributed by atoms with E-state index >= 15 is 0 Å². The predicted molar refractivity (Wildman–Crippen MR) is 79.1 cm³/mol. The maximum atomic E-state index is 6.05. The van der Waals surface area contributed by atoms with Crippen LogP contribution >= 0.6 is 0 Å². The van der Waals surface area contributed by atoms with Crippen LogP contribution in [0, 0.1) is 0 Å². The lowest BCUT2D eigenvalue weighted by Gasteiger charge is -2.09. The molecule has 0 spiro atoms. The predicted octanol–water partition coefficient (Wildman–Crippen LogP) is 4.00. The SMILES string of the molecule is Nc1cc(OCc2ccccc2)cc2ccccc12. The van der Waals surface area contributed by atoms with Crippen LogP contribution < -0.4 is 10.5 Å². The molecule has 0 aliphatic heterocycles. The molecule has 2 N–H and O–H groups in total. The van der Waals surface area contributed by atoms with Crippen molar-refractivity contribution in [2.24, 2.45) is 0 Å². The minimum atomic E-state index is 0.554. The van der Waals surface area contributed by atoms with Crippen molar-refractivity contribution >= 4 is 16.5 Å². The molecule has 0 radical (unpaired) electrons. The first-order valence-corrected chi connectivity index (χ1v) is 6.28. The molecule has 0 aromatic heterocycles. The minimum Gasteiger partial charge on any atom is -0.489 e. The Bertz CT molecular complexity index is 692. The molecule has 0 saturated heterocycles. The fourth-order valence-electron chi connectivity index (χ4n) is 2.14. The Morgan fingerprint density at radius 2 is 1.58 bits per heavy atom. The van der Waals surface area contributed by atoms with E-state index in [4.69, 9.17) is 10.5 Å². The molecular formula is C17H15NO. The van der Waals surface area contributed by atoms with Gasteiger partial charge in [-0.2, -0.15) is 0 Å². The molecule has 3 aromatic rings. The highest BCUT2D eigenvalue weighted by atomic mass is 16.5. The average molecular weight is 249 g/mol. The van der Waals surface area contributed by atoms with E-state index in [-0.39, 0.29) is 0 Å². The molecule has 0 bridgehead atoms. The highest BCUT2D eigenvalue weighted by molar-refractivity contribution is 5.94. The van der Waals surface area contributed by atoms with Crippen LogP contribution in [0.15, 0.2) is 66.7 Å². The third-order valence-corrected chi connectivity index (χ3v) is 3.12. The normalized spacial score (nSPS) is 10.5.